The molecule has 0 bridgehead atoms. The zero-order valence-electron chi connectivity index (χ0n) is 10.6. The predicted molar refractivity (Wildman–Crippen MR) is 74.3 cm³/mol. The van der Waals surface area contributed by atoms with E-state index in [1.54, 1.807) is 6.20 Å². The van der Waals surface area contributed by atoms with Crippen molar-refractivity contribution < 1.29 is 19.4 Å². The van der Waals surface area contributed by atoms with Gasteiger partial charge in [-0.1, -0.05) is 11.8 Å². The van der Waals surface area contributed by atoms with Crippen LogP contribution < -0.4 is 5.73 Å². The predicted octanol–water partition coefficient (Wildman–Crippen LogP) is 0.0454. The molecule has 1 amide bonds. The van der Waals surface area contributed by atoms with Gasteiger partial charge < -0.3 is 15.6 Å². The van der Waals surface area contributed by atoms with Crippen LogP contribution in [0.4, 0.5) is 4.79 Å². The summed E-state index contributed by atoms with van der Waals surface area (Å²) >= 11 is 2.87. The third kappa shape index (κ3) is 2.59. The van der Waals surface area contributed by atoms with Crippen molar-refractivity contribution in [3.8, 4) is 0 Å². The number of nitrogens with one attached hydrogen (secondary N) is 1. The molecule has 21 heavy (non-hydrogen) atoms. The largest absolute Gasteiger partial charge is 0.512 e. The summed E-state index contributed by atoms with van der Waals surface area (Å²) in [6.07, 6.45) is 0.111. The first-order valence-corrected chi connectivity index (χ1v) is 7.93. The van der Waals surface area contributed by atoms with E-state index in [0.29, 0.717) is 22.1 Å². The number of hydrogen-bond donors (Lipinski definition) is 3. The Labute approximate surface area is 127 Å². The molecule has 2 atom stereocenters. The van der Waals surface area contributed by atoms with Crippen LogP contribution in [0.2, 0.25) is 0 Å². The normalized spacial score (nSPS) is 24.6. The van der Waals surface area contributed by atoms with Gasteiger partial charge in [0.1, 0.15) is 16.4 Å². The van der Waals surface area contributed by atoms with E-state index in [1.165, 1.54) is 28.4 Å². The number of rotatable bonds is 4. The molecule has 1 aromatic rings. The van der Waals surface area contributed by atoms with Gasteiger partial charge in [-0.25, -0.2) is 4.79 Å². The fourth-order valence-corrected chi connectivity index (χ4v) is 4.21. The minimum atomic E-state index is -1.45. The van der Waals surface area contributed by atoms with Gasteiger partial charge in [-0.15, -0.1) is 16.9 Å². The van der Waals surface area contributed by atoms with E-state index in [2.05, 4.69) is 15.4 Å². The molecule has 0 saturated carbocycles. The summed E-state index contributed by atoms with van der Waals surface area (Å²) in [5, 5.41) is 19.4. The van der Waals surface area contributed by atoms with E-state index < -0.39 is 12.2 Å². The zero-order valence-corrected chi connectivity index (χ0v) is 12.2. The Balaban J connectivity index is 1.80. The molecule has 112 valence electrons. The molecule has 0 radical (unpaired) electrons. The summed E-state index contributed by atoms with van der Waals surface area (Å²) in [6, 6.07) is -0.605. The SMILES string of the molecule is NC1C(=O)N2C(OC(=O)O)=C(CSc3cn[nH]n3)CS[C@@H]12. The minimum Gasteiger partial charge on any atom is -0.449 e. The zero-order chi connectivity index (χ0) is 15.0. The number of hydrogen-bond acceptors (Lipinski definition) is 8. The number of nitrogens with two attached hydrogens (primary N) is 1. The third-order valence-corrected chi connectivity index (χ3v) is 5.35. The molecule has 2 aliphatic heterocycles. The fraction of sp³-hybridized carbons (Fsp3) is 0.400. The van der Waals surface area contributed by atoms with E-state index >= 15 is 0 Å². The number of carboxylic acid groups (broad SMARTS) is 1. The third-order valence-electron chi connectivity index (χ3n) is 3.01. The van der Waals surface area contributed by atoms with Crippen molar-refractivity contribution in [1.82, 2.24) is 20.3 Å². The summed E-state index contributed by atoms with van der Waals surface area (Å²) in [7, 11) is 0. The smallest absolute Gasteiger partial charge is 0.449 e. The van der Waals surface area contributed by atoms with Gasteiger partial charge in [0.25, 0.3) is 0 Å². The first-order chi connectivity index (χ1) is 10.1. The number of nitrogens with zero attached hydrogens (tertiary/aromatic N) is 3. The van der Waals surface area contributed by atoms with E-state index in [-0.39, 0.29) is 17.2 Å². The van der Waals surface area contributed by atoms with E-state index in [4.69, 9.17) is 15.6 Å². The van der Waals surface area contributed by atoms with Gasteiger partial charge in [-0.05, 0) is 0 Å². The van der Waals surface area contributed by atoms with Gasteiger partial charge >= 0.3 is 6.16 Å². The van der Waals surface area contributed by atoms with Crippen LogP contribution in [-0.4, -0.2) is 60.4 Å². The number of carbonyl (C=O) groups is 2. The van der Waals surface area contributed by atoms with Crippen molar-refractivity contribution in [1.29, 1.82) is 0 Å². The summed E-state index contributed by atoms with van der Waals surface area (Å²) in [5.74, 6) is 0.755. The monoisotopic (exact) mass is 329 g/mol. The number of aromatic amines is 1. The molecule has 1 aromatic heterocycles. The molecular weight excluding hydrogens is 318 g/mol. The fourth-order valence-electron chi connectivity index (χ4n) is 2.03. The molecular formula is C10H11N5O4S2. The minimum absolute atomic E-state index is 0.0777. The van der Waals surface area contributed by atoms with Crippen LogP contribution in [0.25, 0.3) is 0 Å². The standard InChI is InChI=1S/C10H11N5O4S2/c11-6-7(16)15-8(19-10(17)18)4(3-21-9(6)15)2-20-5-1-12-14-13-5/h1,6,9H,2-3,11H2,(H,17,18)(H,12,13,14)/t6?,9-/m0/s1. The number of ether oxygens (including phenoxy) is 1. The lowest BCUT2D eigenvalue weighted by Gasteiger charge is -2.47. The highest BCUT2D eigenvalue weighted by molar-refractivity contribution is 8.01. The van der Waals surface area contributed by atoms with Crippen molar-refractivity contribution in [2.75, 3.05) is 11.5 Å². The van der Waals surface area contributed by atoms with Crippen LogP contribution in [0.5, 0.6) is 0 Å². The Morgan fingerprint density at radius 1 is 1.71 bits per heavy atom. The number of carbonyl (C=O) groups excluding carboxylic acids is 1. The summed E-state index contributed by atoms with van der Waals surface area (Å²) in [5.41, 5.74) is 6.42. The van der Waals surface area contributed by atoms with Gasteiger partial charge in [0, 0.05) is 17.1 Å². The molecule has 0 aromatic carbocycles. The molecule has 1 fully saturated rings. The number of β-lactam (4-membered cyclic amide) rings is 1. The van der Waals surface area contributed by atoms with Gasteiger partial charge in [0.15, 0.2) is 0 Å². The summed E-state index contributed by atoms with van der Waals surface area (Å²) < 4.78 is 4.80. The second-order valence-corrected chi connectivity index (χ2v) is 6.41. The molecule has 1 saturated heterocycles. The lowest BCUT2D eigenvalue weighted by molar-refractivity contribution is -0.144. The topological polar surface area (TPSA) is 134 Å². The second-order valence-electron chi connectivity index (χ2n) is 4.31. The second kappa shape index (κ2) is 5.58. The first-order valence-electron chi connectivity index (χ1n) is 5.89. The molecule has 3 heterocycles. The highest BCUT2D eigenvalue weighted by Gasteiger charge is 2.51. The molecule has 1 unspecified atom stereocenters. The number of thioether (sulfide) groups is 2. The average molecular weight is 329 g/mol. The molecule has 3 rings (SSSR count). The van der Waals surface area contributed by atoms with Gasteiger partial charge in [0.05, 0.1) is 6.20 Å². The maximum absolute atomic E-state index is 11.8. The lowest BCUT2D eigenvalue weighted by Crippen LogP contribution is -2.68. The molecule has 0 aliphatic carbocycles. The Morgan fingerprint density at radius 2 is 2.52 bits per heavy atom. The van der Waals surface area contributed by atoms with Crippen molar-refractivity contribution in [2.45, 2.75) is 16.4 Å². The number of fused-ring (bicyclic) bond motifs is 1. The molecule has 0 spiro atoms. The van der Waals surface area contributed by atoms with Crippen molar-refractivity contribution >= 4 is 35.6 Å². The van der Waals surface area contributed by atoms with Crippen molar-refractivity contribution in [3.05, 3.63) is 17.7 Å². The van der Waals surface area contributed by atoms with Gasteiger partial charge in [-0.2, -0.15) is 10.3 Å². The van der Waals surface area contributed by atoms with Crippen LogP contribution in [0.15, 0.2) is 22.7 Å². The summed E-state index contributed by atoms with van der Waals surface area (Å²) in [4.78, 5) is 24.0. The molecule has 4 N–H and O–H groups in total. The van der Waals surface area contributed by atoms with Gasteiger partial charge in [0.2, 0.25) is 11.8 Å². The van der Waals surface area contributed by atoms with Crippen molar-refractivity contribution in [3.63, 3.8) is 0 Å². The molecule has 11 heteroatoms. The van der Waals surface area contributed by atoms with Gasteiger partial charge in [-0.3, -0.25) is 9.69 Å². The lowest BCUT2D eigenvalue weighted by atomic mass is 10.1. The highest BCUT2D eigenvalue weighted by atomic mass is 32.2. The van der Waals surface area contributed by atoms with Crippen LogP contribution >= 0.6 is 23.5 Å². The number of aromatic nitrogens is 3. The summed E-state index contributed by atoms with van der Waals surface area (Å²) in [6.45, 7) is 0. The number of amides is 1. The Morgan fingerprint density at radius 3 is 3.19 bits per heavy atom. The highest BCUT2D eigenvalue weighted by Crippen LogP contribution is 2.40. The van der Waals surface area contributed by atoms with E-state index in [9.17, 15) is 9.59 Å². The van der Waals surface area contributed by atoms with Crippen LogP contribution in [-0.2, 0) is 9.53 Å². The van der Waals surface area contributed by atoms with E-state index in [0.717, 1.165) is 0 Å². The first kappa shape index (κ1) is 14.2. The maximum atomic E-state index is 11.8. The quantitative estimate of drug-likeness (QED) is 0.397. The Hall–Kier alpha value is -1.72. The molecule has 2 aliphatic rings. The van der Waals surface area contributed by atoms with Crippen LogP contribution in [0, 0.1) is 0 Å². The average Bonchev–Trinajstić information content (AvgIpc) is 2.97. The Bertz CT molecular complexity index is 605. The van der Waals surface area contributed by atoms with Crippen LogP contribution in [0.3, 0.4) is 0 Å². The number of H-pyrrole nitrogens is 1. The Kier molecular flexibility index (Phi) is 3.78. The molecule has 9 nitrogen and oxygen atoms in total. The van der Waals surface area contributed by atoms with E-state index in [1.807, 2.05) is 0 Å². The maximum Gasteiger partial charge on any atom is 0.512 e. The van der Waals surface area contributed by atoms with Crippen molar-refractivity contribution in [2.24, 2.45) is 5.73 Å². The van der Waals surface area contributed by atoms with Crippen LogP contribution in [0.1, 0.15) is 0 Å².